The lowest BCUT2D eigenvalue weighted by molar-refractivity contribution is -0.0297. The molecule has 0 unspecified atom stereocenters. The summed E-state index contributed by atoms with van der Waals surface area (Å²) >= 11 is 0. The van der Waals surface area contributed by atoms with Crippen molar-refractivity contribution in [2.24, 2.45) is 0 Å². The number of β-amino-alcohol motifs (C(OH)–C–C–N with tert-alkyl or cyclic N) is 1. The van der Waals surface area contributed by atoms with Gasteiger partial charge in [0.2, 0.25) is 0 Å². The van der Waals surface area contributed by atoms with Crippen LogP contribution in [0.25, 0.3) is 11.1 Å². The first-order chi connectivity index (χ1) is 13.5. The van der Waals surface area contributed by atoms with Gasteiger partial charge in [-0.3, -0.25) is 4.90 Å². The van der Waals surface area contributed by atoms with Gasteiger partial charge >= 0.3 is 6.09 Å². The molecule has 0 aromatic heterocycles. The Morgan fingerprint density at radius 1 is 1.07 bits per heavy atom. The van der Waals surface area contributed by atoms with Crippen LogP contribution in [0.2, 0.25) is 0 Å². The second-order valence-electron chi connectivity index (χ2n) is 7.25. The van der Waals surface area contributed by atoms with E-state index in [4.69, 9.17) is 4.74 Å². The van der Waals surface area contributed by atoms with Gasteiger partial charge in [-0.2, -0.15) is 0 Å². The van der Waals surface area contributed by atoms with Gasteiger partial charge in [0.1, 0.15) is 18.8 Å². The molecule has 148 valence electrons. The van der Waals surface area contributed by atoms with E-state index in [9.17, 15) is 25.2 Å². The fourth-order valence-electron chi connectivity index (χ4n) is 4.26. The van der Waals surface area contributed by atoms with Gasteiger partial charge < -0.3 is 25.2 Å². The fraction of sp³-hybridized carbons (Fsp3) is 0.381. The molecular formula is C21H23NO6. The zero-order valence-corrected chi connectivity index (χ0v) is 15.2. The molecule has 1 aliphatic carbocycles. The van der Waals surface area contributed by atoms with Crippen molar-refractivity contribution in [3.05, 3.63) is 59.7 Å². The zero-order valence-electron chi connectivity index (χ0n) is 15.2. The summed E-state index contributed by atoms with van der Waals surface area (Å²) in [5.74, 6) is -0.116. The average Bonchev–Trinajstić information content (AvgIpc) is 3.20. The average molecular weight is 385 g/mol. The number of hydrogen-bond acceptors (Lipinski definition) is 6. The molecule has 1 heterocycles. The number of carbonyl (C=O) groups excluding carboxylic acids is 1. The first-order valence-electron chi connectivity index (χ1n) is 9.29. The highest BCUT2D eigenvalue weighted by Gasteiger charge is 2.46. The summed E-state index contributed by atoms with van der Waals surface area (Å²) in [5.41, 5.74) is 4.37. The molecule has 1 saturated heterocycles. The van der Waals surface area contributed by atoms with Crippen molar-refractivity contribution in [1.82, 2.24) is 4.90 Å². The third-order valence-electron chi connectivity index (χ3n) is 5.64. The number of aliphatic hydroxyl groups excluding tert-OH is 4. The molecule has 4 rings (SSSR count). The van der Waals surface area contributed by atoms with E-state index in [-0.39, 0.29) is 19.1 Å². The van der Waals surface area contributed by atoms with Crippen molar-refractivity contribution in [1.29, 1.82) is 0 Å². The fourth-order valence-corrected chi connectivity index (χ4v) is 4.26. The summed E-state index contributed by atoms with van der Waals surface area (Å²) in [7, 11) is 0. The van der Waals surface area contributed by atoms with Gasteiger partial charge in [-0.1, -0.05) is 48.5 Å². The maximum Gasteiger partial charge on any atom is 0.410 e. The van der Waals surface area contributed by atoms with Gasteiger partial charge in [0.15, 0.2) is 0 Å². The minimum Gasteiger partial charge on any atom is -0.448 e. The number of ether oxygens (including phenoxy) is 1. The highest BCUT2D eigenvalue weighted by atomic mass is 16.6. The summed E-state index contributed by atoms with van der Waals surface area (Å²) < 4.78 is 5.52. The van der Waals surface area contributed by atoms with Gasteiger partial charge in [0.25, 0.3) is 0 Å². The molecule has 28 heavy (non-hydrogen) atoms. The van der Waals surface area contributed by atoms with E-state index in [2.05, 4.69) is 0 Å². The number of amides is 1. The summed E-state index contributed by atoms with van der Waals surface area (Å²) in [4.78, 5) is 13.7. The summed E-state index contributed by atoms with van der Waals surface area (Å²) in [6.45, 7) is -0.710. The smallest absolute Gasteiger partial charge is 0.410 e. The Hall–Kier alpha value is -2.45. The molecule has 2 aromatic rings. The predicted octanol–water partition coefficient (Wildman–Crippen LogP) is 0.695. The summed E-state index contributed by atoms with van der Waals surface area (Å²) in [6.07, 6.45) is -4.66. The topological polar surface area (TPSA) is 110 Å². The van der Waals surface area contributed by atoms with Crippen molar-refractivity contribution in [2.45, 2.75) is 30.3 Å². The molecule has 7 nitrogen and oxygen atoms in total. The number of fused-ring (bicyclic) bond motifs is 3. The Morgan fingerprint density at radius 3 is 2.21 bits per heavy atom. The second-order valence-corrected chi connectivity index (χ2v) is 7.25. The molecular weight excluding hydrogens is 362 g/mol. The van der Waals surface area contributed by atoms with Crippen LogP contribution in [0.1, 0.15) is 17.0 Å². The number of nitrogens with zero attached hydrogens (tertiary/aromatic N) is 1. The highest BCUT2D eigenvalue weighted by Crippen LogP contribution is 2.44. The first kappa shape index (κ1) is 18.9. The van der Waals surface area contributed by atoms with Gasteiger partial charge in [-0.15, -0.1) is 0 Å². The molecule has 0 saturated carbocycles. The van der Waals surface area contributed by atoms with Crippen LogP contribution >= 0.6 is 0 Å². The number of aliphatic hydroxyl groups is 4. The third kappa shape index (κ3) is 3.06. The zero-order chi connectivity index (χ0) is 19.8. The largest absolute Gasteiger partial charge is 0.448 e. The van der Waals surface area contributed by atoms with Crippen LogP contribution in [-0.2, 0) is 4.74 Å². The van der Waals surface area contributed by atoms with Crippen LogP contribution in [0.5, 0.6) is 0 Å². The van der Waals surface area contributed by atoms with Crippen molar-refractivity contribution in [3.8, 4) is 11.1 Å². The monoisotopic (exact) mass is 385 g/mol. The predicted molar refractivity (Wildman–Crippen MR) is 101 cm³/mol. The second kappa shape index (κ2) is 7.52. The molecule has 0 bridgehead atoms. The molecule has 2 aliphatic rings. The lowest BCUT2D eigenvalue weighted by Gasteiger charge is -2.28. The molecule has 4 N–H and O–H groups in total. The summed E-state index contributed by atoms with van der Waals surface area (Å²) in [6, 6.07) is 14.8. The van der Waals surface area contributed by atoms with Crippen molar-refractivity contribution < 1.29 is 30.0 Å². The number of hydrogen-bond donors (Lipinski definition) is 4. The quantitative estimate of drug-likeness (QED) is 0.617. The van der Waals surface area contributed by atoms with Gasteiger partial charge in [0, 0.05) is 5.92 Å². The van der Waals surface area contributed by atoms with Crippen LogP contribution in [0.3, 0.4) is 0 Å². The molecule has 0 spiro atoms. The maximum atomic E-state index is 12.6. The normalized spacial score (nSPS) is 24.7. The molecule has 1 fully saturated rings. The van der Waals surface area contributed by atoms with Gasteiger partial charge in [0.05, 0.1) is 25.3 Å². The third-order valence-corrected chi connectivity index (χ3v) is 5.64. The highest BCUT2D eigenvalue weighted by molar-refractivity contribution is 5.79. The number of likely N-dealkylation sites (tertiary alicyclic amines) is 1. The lowest BCUT2D eigenvalue weighted by atomic mass is 9.98. The molecule has 1 amide bonds. The number of benzene rings is 2. The molecule has 1 aliphatic heterocycles. The van der Waals surface area contributed by atoms with Crippen LogP contribution in [0.15, 0.2) is 48.5 Å². The van der Waals surface area contributed by atoms with E-state index in [1.807, 2.05) is 48.5 Å². The van der Waals surface area contributed by atoms with Gasteiger partial charge in [-0.25, -0.2) is 4.79 Å². The Bertz CT molecular complexity index is 826. The molecule has 0 radical (unpaired) electrons. The Labute approximate surface area is 162 Å². The van der Waals surface area contributed by atoms with E-state index < -0.39 is 37.1 Å². The lowest BCUT2D eigenvalue weighted by Crippen LogP contribution is -2.49. The van der Waals surface area contributed by atoms with Crippen LogP contribution in [0, 0.1) is 0 Å². The SMILES string of the molecule is O=C(OCC1c2ccccc2-c2ccccc21)N1C[C@H](O)[C@H](O)[C@H]1[C@@H](O)CO. The van der Waals surface area contributed by atoms with Crippen molar-refractivity contribution in [2.75, 3.05) is 19.8 Å². The number of carbonyl (C=O) groups is 1. The van der Waals surface area contributed by atoms with E-state index in [0.29, 0.717) is 0 Å². The molecule has 2 aromatic carbocycles. The van der Waals surface area contributed by atoms with E-state index >= 15 is 0 Å². The number of rotatable bonds is 4. The minimum absolute atomic E-state index is 0.0947. The Kier molecular flexibility index (Phi) is 5.07. The standard InChI is InChI=1S/C21H23NO6/c23-10-18(25)19-20(26)17(24)9-22(19)21(27)28-11-16-14-7-3-1-5-12(14)13-6-2-4-8-15(13)16/h1-8,16-20,23-26H,9-11H2/t17-,18-,19+,20-/m0/s1. The van der Waals surface area contributed by atoms with E-state index in [1.165, 1.54) is 0 Å². The van der Waals surface area contributed by atoms with Crippen molar-refractivity contribution in [3.63, 3.8) is 0 Å². The van der Waals surface area contributed by atoms with Crippen LogP contribution in [0.4, 0.5) is 4.79 Å². The molecule has 7 heteroatoms. The van der Waals surface area contributed by atoms with E-state index in [0.717, 1.165) is 27.2 Å². The van der Waals surface area contributed by atoms with Gasteiger partial charge in [-0.05, 0) is 22.3 Å². The minimum atomic E-state index is -1.37. The van der Waals surface area contributed by atoms with Crippen molar-refractivity contribution >= 4 is 6.09 Å². The molecule has 4 atom stereocenters. The van der Waals surface area contributed by atoms with Crippen LogP contribution in [-0.4, -0.2) is 75.5 Å². The van der Waals surface area contributed by atoms with E-state index in [1.54, 1.807) is 0 Å². The van der Waals surface area contributed by atoms with Crippen LogP contribution < -0.4 is 0 Å². The summed E-state index contributed by atoms with van der Waals surface area (Å²) in [5, 5.41) is 39.1. The maximum absolute atomic E-state index is 12.6. The Morgan fingerprint density at radius 2 is 1.64 bits per heavy atom. The first-order valence-corrected chi connectivity index (χ1v) is 9.29. The Balaban J connectivity index is 1.52.